The molecular weight excluding hydrogens is 445 g/mol. The molecule has 8 heteroatoms. The van der Waals surface area contributed by atoms with Gasteiger partial charge in [-0.1, -0.05) is 41.9 Å². The summed E-state index contributed by atoms with van der Waals surface area (Å²) in [6.07, 6.45) is 1.93. The van der Waals surface area contributed by atoms with E-state index in [1.54, 1.807) is 11.3 Å². The van der Waals surface area contributed by atoms with Gasteiger partial charge in [0.2, 0.25) is 5.91 Å². The van der Waals surface area contributed by atoms with Crippen molar-refractivity contribution in [3.63, 3.8) is 0 Å². The highest BCUT2D eigenvalue weighted by molar-refractivity contribution is 9.10. The molecule has 0 aliphatic rings. The van der Waals surface area contributed by atoms with Gasteiger partial charge in [0.15, 0.2) is 0 Å². The van der Waals surface area contributed by atoms with Crippen molar-refractivity contribution in [3.05, 3.63) is 39.8 Å². The molecule has 0 spiro atoms. The van der Waals surface area contributed by atoms with Gasteiger partial charge in [0, 0.05) is 22.0 Å². The topological polar surface area (TPSA) is 68.0 Å². The number of carbonyl (C=O) groups excluding carboxylic acids is 1. The maximum Gasteiger partial charge on any atom is 0.226 e. The molecule has 4 nitrogen and oxygen atoms in total. The van der Waals surface area contributed by atoms with Crippen LogP contribution < -0.4 is 11.1 Å². The second-order valence-corrected chi connectivity index (χ2v) is 7.34. The lowest BCUT2D eigenvalue weighted by Crippen LogP contribution is -2.53. The summed E-state index contributed by atoms with van der Waals surface area (Å²) in [7, 11) is 0. The molecule has 0 aliphatic heterocycles. The molecule has 25 heavy (non-hydrogen) atoms. The number of amides is 1. The Bertz CT molecular complexity index is 669. The third-order valence-corrected chi connectivity index (χ3v) is 5.55. The van der Waals surface area contributed by atoms with Crippen LogP contribution in [-0.2, 0) is 11.2 Å². The second-order valence-electron chi connectivity index (χ2n) is 5.57. The molecule has 1 aromatic carbocycles. The summed E-state index contributed by atoms with van der Waals surface area (Å²) < 4.78 is 1.02. The molecule has 0 atom stereocenters. The van der Waals surface area contributed by atoms with Crippen LogP contribution in [0.15, 0.2) is 34.1 Å². The van der Waals surface area contributed by atoms with Crippen LogP contribution in [0.25, 0.3) is 10.6 Å². The van der Waals surface area contributed by atoms with E-state index < -0.39 is 0 Å². The minimum Gasteiger partial charge on any atom is -0.349 e. The molecule has 0 unspecified atom stereocenters. The summed E-state index contributed by atoms with van der Waals surface area (Å²) >= 11 is 5.02. The Morgan fingerprint density at radius 2 is 2.00 bits per heavy atom. The average Bonchev–Trinajstić information content (AvgIpc) is 3.01. The quantitative estimate of drug-likeness (QED) is 0.624. The molecule has 0 saturated carbocycles. The number of nitrogens with zero attached hydrogens (tertiary/aromatic N) is 1. The molecule has 0 saturated heterocycles. The summed E-state index contributed by atoms with van der Waals surface area (Å²) in [6.45, 7) is 4.54. The fourth-order valence-electron chi connectivity index (χ4n) is 2.41. The predicted octanol–water partition coefficient (Wildman–Crippen LogP) is 4.59. The molecule has 1 heterocycles. The Morgan fingerprint density at radius 3 is 2.56 bits per heavy atom. The van der Waals surface area contributed by atoms with Crippen molar-refractivity contribution in [2.75, 3.05) is 6.54 Å². The summed E-state index contributed by atoms with van der Waals surface area (Å²) in [5.41, 5.74) is 7.37. The zero-order valence-electron chi connectivity index (χ0n) is 14.3. The fraction of sp³-hybridized carbons (Fsp3) is 0.412. The molecule has 2 rings (SSSR count). The predicted molar refractivity (Wildman–Crippen MR) is 114 cm³/mol. The smallest absolute Gasteiger partial charge is 0.226 e. The molecule has 0 aliphatic carbocycles. The Hall–Kier alpha value is -0.660. The molecule has 0 bridgehead atoms. The van der Waals surface area contributed by atoms with Gasteiger partial charge in [-0.2, -0.15) is 0 Å². The van der Waals surface area contributed by atoms with Crippen LogP contribution >= 0.6 is 52.1 Å². The van der Waals surface area contributed by atoms with Crippen LogP contribution in [0, 0.1) is 0 Å². The number of nitrogens with two attached hydrogens (primary N) is 1. The number of rotatable bonds is 7. The van der Waals surface area contributed by atoms with E-state index in [4.69, 9.17) is 5.73 Å². The molecule has 0 radical (unpaired) electrons. The van der Waals surface area contributed by atoms with Gasteiger partial charge in [-0.3, -0.25) is 4.79 Å². The van der Waals surface area contributed by atoms with Crippen molar-refractivity contribution in [1.29, 1.82) is 0 Å². The Kier molecular flexibility index (Phi) is 10.8. The highest BCUT2D eigenvalue weighted by Crippen LogP contribution is 2.26. The minimum atomic E-state index is -0.305. The van der Waals surface area contributed by atoms with Crippen molar-refractivity contribution in [2.24, 2.45) is 5.73 Å². The number of hydrogen-bond donors (Lipinski definition) is 2. The molecule has 2 aromatic rings. The fourth-order valence-corrected chi connectivity index (χ4v) is 3.63. The summed E-state index contributed by atoms with van der Waals surface area (Å²) in [5.74, 6) is -0.0229. The van der Waals surface area contributed by atoms with E-state index in [1.165, 1.54) is 0 Å². The zero-order valence-corrected chi connectivity index (χ0v) is 18.3. The van der Waals surface area contributed by atoms with Crippen molar-refractivity contribution in [1.82, 2.24) is 10.3 Å². The SMILES string of the molecule is CCC(CC)(CN)NC(=O)Cc1csc(-c2cccc(Br)c2)n1.Cl.Cl. The van der Waals surface area contributed by atoms with Gasteiger partial charge in [0.25, 0.3) is 0 Å². The maximum atomic E-state index is 12.3. The van der Waals surface area contributed by atoms with E-state index in [0.29, 0.717) is 6.54 Å². The number of halogens is 3. The molecular formula is C17H24BrCl2N3OS. The summed E-state index contributed by atoms with van der Waals surface area (Å²) in [5, 5.41) is 5.94. The van der Waals surface area contributed by atoms with Gasteiger partial charge in [0.05, 0.1) is 17.7 Å². The first-order valence-corrected chi connectivity index (χ1v) is 9.40. The summed E-state index contributed by atoms with van der Waals surface area (Å²) in [6, 6.07) is 8.00. The van der Waals surface area contributed by atoms with Crippen LogP contribution in [-0.4, -0.2) is 23.0 Å². The highest BCUT2D eigenvalue weighted by atomic mass is 79.9. The van der Waals surface area contributed by atoms with Crippen molar-refractivity contribution in [2.45, 2.75) is 38.6 Å². The number of aromatic nitrogens is 1. The lowest BCUT2D eigenvalue weighted by molar-refractivity contribution is -0.122. The maximum absolute atomic E-state index is 12.3. The second kappa shape index (κ2) is 11.1. The van der Waals surface area contributed by atoms with Crippen LogP contribution in [0.3, 0.4) is 0 Å². The lowest BCUT2D eigenvalue weighted by Gasteiger charge is -2.31. The third kappa shape index (κ3) is 6.53. The normalized spacial score (nSPS) is 10.6. The van der Waals surface area contributed by atoms with Gasteiger partial charge in [-0.15, -0.1) is 36.2 Å². The molecule has 1 aromatic heterocycles. The van der Waals surface area contributed by atoms with Crippen molar-refractivity contribution < 1.29 is 4.79 Å². The van der Waals surface area contributed by atoms with Gasteiger partial charge in [0.1, 0.15) is 5.01 Å². The number of carbonyl (C=O) groups is 1. The minimum absolute atomic E-state index is 0. The van der Waals surface area contributed by atoms with E-state index in [1.807, 2.05) is 43.5 Å². The number of hydrogen-bond acceptors (Lipinski definition) is 4. The summed E-state index contributed by atoms with van der Waals surface area (Å²) in [4.78, 5) is 16.9. The first-order valence-electron chi connectivity index (χ1n) is 7.73. The number of thiazole rings is 1. The Morgan fingerprint density at radius 1 is 1.32 bits per heavy atom. The van der Waals surface area contributed by atoms with E-state index in [2.05, 4.69) is 26.2 Å². The first kappa shape index (κ1) is 24.3. The van der Waals surface area contributed by atoms with E-state index in [0.717, 1.165) is 33.6 Å². The van der Waals surface area contributed by atoms with Gasteiger partial charge in [-0.25, -0.2) is 4.98 Å². The van der Waals surface area contributed by atoms with Crippen LogP contribution in [0.5, 0.6) is 0 Å². The van der Waals surface area contributed by atoms with E-state index >= 15 is 0 Å². The monoisotopic (exact) mass is 467 g/mol. The van der Waals surface area contributed by atoms with Crippen LogP contribution in [0.2, 0.25) is 0 Å². The lowest BCUT2D eigenvalue weighted by atomic mass is 9.92. The molecule has 1 amide bonds. The van der Waals surface area contributed by atoms with Gasteiger partial charge >= 0.3 is 0 Å². The van der Waals surface area contributed by atoms with Crippen LogP contribution in [0.4, 0.5) is 0 Å². The molecule has 140 valence electrons. The highest BCUT2D eigenvalue weighted by Gasteiger charge is 2.26. The molecule has 0 fully saturated rings. The average molecular weight is 469 g/mol. The van der Waals surface area contributed by atoms with Crippen molar-refractivity contribution in [3.8, 4) is 10.6 Å². The number of benzene rings is 1. The van der Waals surface area contributed by atoms with E-state index in [-0.39, 0.29) is 42.7 Å². The van der Waals surface area contributed by atoms with E-state index in [9.17, 15) is 4.79 Å². The van der Waals surface area contributed by atoms with Crippen LogP contribution in [0.1, 0.15) is 32.4 Å². The largest absolute Gasteiger partial charge is 0.349 e. The molecule has 3 N–H and O–H groups in total. The first-order chi connectivity index (χ1) is 11.0. The zero-order chi connectivity index (χ0) is 16.9. The Balaban J connectivity index is 0.00000288. The third-order valence-electron chi connectivity index (χ3n) is 4.11. The standard InChI is InChI=1S/C17H22BrN3OS.2ClH/c1-3-17(4-2,11-19)21-15(22)9-14-10-23-16(20-14)12-6-5-7-13(18)8-12;;/h5-8,10H,3-4,9,11,19H2,1-2H3,(H,21,22);2*1H. The van der Waals surface area contributed by atoms with Crippen molar-refractivity contribution >= 4 is 58.0 Å². The van der Waals surface area contributed by atoms with Gasteiger partial charge in [-0.05, 0) is 25.0 Å². The van der Waals surface area contributed by atoms with Gasteiger partial charge < -0.3 is 11.1 Å². The Labute approximate surface area is 173 Å². The number of nitrogens with one attached hydrogen (secondary N) is 1.